The van der Waals surface area contributed by atoms with Gasteiger partial charge >= 0.3 is 11.9 Å². The van der Waals surface area contributed by atoms with E-state index >= 15 is 0 Å². The van der Waals surface area contributed by atoms with E-state index in [0.717, 1.165) is 40.2 Å². The standard InChI is InChI=1S/C39H50F3N7O12/c40-39(41,42)21-5-9-23(10-6-21)58-24-11-15-48(16-12-24)22-7-3-20(4-8-22)19-46-26(50)2-1-14-45-28(35(44)56)33(61-37-32(55)29(52)25(18-43)59-37)34-30(53)31(54)36(60-34)49-17-13-27(51)47-38(49)57/h3-10,13,17,24-25,28-34,36-37,45,52-55H,1-2,11-12,14-16,18-19,43H2,(H2,44,56)(H,46,50)(H,47,51,57)/t25-,28+,29-,30+,31-,32-,33+,34?,36?,37+/m1/s1. The van der Waals surface area contributed by atoms with Crippen LogP contribution in [0.25, 0.3) is 0 Å². The van der Waals surface area contributed by atoms with E-state index in [4.69, 9.17) is 30.4 Å². The van der Waals surface area contributed by atoms with Gasteiger partial charge in [-0.3, -0.25) is 23.9 Å². The van der Waals surface area contributed by atoms with Crippen LogP contribution in [0.5, 0.6) is 5.75 Å². The smallest absolute Gasteiger partial charge is 0.416 e. The fourth-order valence-electron chi connectivity index (χ4n) is 7.48. The topological polar surface area (TPSA) is 286 Å². The molecule has 0 bridgehead atoms. The molecule has 2 aromatic carbocycles. The lowest BCUT2D eigenvalue weighted by molar-refractivity contribution is -0.226. The fourth-order valence-corrected chi connectivity index (χ4v) is 7.48. The number of aliphatic hydroxyl groups excluding tert-OH is 4. The number of aromatic nitrogens is 2. The number of carbonyl (C=O) groups excluding carboxylic acids is 2. The number of carbonyl (C=O) groups is 2. The number of halogens is 3. The summed E-state index contributed by atoms with van der Waals surface area (Å²) in [7, 11) is 0. The summed E-state index contributed by atoms with van der Waals surface area (Å²) in [5, 5.41) is 48.7. The molecule has 61 heavy (non-hydrogen) atoms. The van der Waals surface area contributed by atoms with Gasteiger partial charge < -0.3 is 66.4 Å². The van der Waals surface area contributed by atoms with E-state index in [1.54, 1.807) is 0 Å². The number of aromatic amines is 1. The molecule has 10 atom stereocenters. The molecule has 3 fully saturated rings. The molecule has 19 nitrogen and oxygen atoms in total. The third kappa shape index (κ3) is 11.1. The summed E-state index contributed by atoms with van der Waals surface area (Å²) in [6.07, 6.45) is -16.1. The predicted octanol–water partition coefficient (Wildman–Crippen LogP) is -1.45. The van der Waals surface area contributed by atoms with Crippen LogP contribution >= 0.6 is 0 Å². The van der Waals surface area contributed by atoms with Crippen LogP contribution in [-0.2, 0) is 36.5 Å². The summed E-state index contributed by atoms with van der Waals surface area (Å²) in [6.45, 7) is 1.39. The van der Waals surface area contributed by atoms with E-state index in [0.29, 0.717) is 31.7 Å². The molecule has 3 aromatic rings. The second-order valence-electron chi connectivity index (χ2n) is 15.1. The summed E-state index contributed by atoms with van der Waals surface area (Å²) >= 11 is 0. The quantitative estimate of drug-likeness (QED) is 0.0703. The number of ether oxygens (including phenoxy) is 4. The predicted molar refractivity (Wildman–Crippen MR) is 208 cm³/mol. The molecule has 3 aliphatic rings. The first kappa shape index (κ1) is 45.6. The van der Waals surface area contributed by atoms with Gasteiger partial charge in [-0.2, -0.15) is 13.2 Å². The molecule has 0 saturated carbocycles. The van der Waals surface area contributed by atoms with E-state index < -0.39 is 90.2 Å². The number of amides is 2. The maximum atomic E-state index is 12.9. The average Bonchev–Trinajstić information content (AvgIpc) is 3.68. The molecule has 11 N–H and O–H groups in total. The molecular weight excluding hydrogens is 815 g/mol. The summed E-state index contributed by atoms with van der Waals surface area (Å²) < 4.78 is 62.7. The van der Waals surface area contributed by atoms with Crippen molar-refractivity contribution in [1.82, 2.24) is 20.2 Å². The van der Waals surface area contributed by atoms with Gasteiger partial charge in [0, 0.05) is 63.4 Å². The van der Waals surface area contributed by atoms with Crippen LogP contribution in [0.15, 0.2) is 70.4 Å². The molecule has 22 heteroatoms. The molecule has 4 heterocycles. The van der Waals surface area contributed by atoms with Crippen LogP contribution in [0.3, 0.4) is 0 Å². The second kappa shape index (κ2) is 19.9. The monoisotopic (exact) mass is 865 g/mol. The van der Waals surface area contributed by atoms with Crippen LogP contribution in [0.2, 0.25) is 0 Å². The number of benzene rings is 2. The van der Waals surface area contributed by atoms with Gasteiger partial charge in [0.05, 0.1) is 5.56 Å². The van der Waals surface area contributed by atoms with Crippen molar-refractivity contribution in [1.29, 1.82) is 0 Å². The number of anilines is 1. The Morgan fingerprint density at radius 2 is 1.62 bits per heavy atom. The molecule has 3 aliphatic heterocycles. The maximum absolute atomic E-state index is 12.9. The van der Waals surface area contributed by atoms with Gasteiger partial charge in [-0.1, -0.05) is 12.1 Å². The van der Waals surface area contributed by atoms with Gasteiger partial charge in [-0.15, -0.1) is 0 Å². The Balaban J connectivity index is 0.992. The Labute approximate surface area is 346 Å². The van der Waals surface area contributed by atoms with Gasteiger partial charge in [0.15, 0.2) is 12.5 Å². The Bertz CT molecular complexity index is 2050. The molecular formula is C39H50F3N7O12. The molecule has 0 radical (unpaired) electrons. The van der Waals surface area contributed by atoms with Gasteiger partial charge in [0.25, 0.3) is 5.56 Å². The first-order valence-corrected chi connectivity index (χ1v) is 19.7. The number of hydrogen-bond donors (Lipinski definition) is 9. The van der Waals surface area contributed by atoms with Crippen LogP contribution in [0.1, 0.15) is 43.0 Å². The SMILES string of the molecule is NC[C@H]1O[C@@H](O[C@H](C2OC(n3ccc(=O)[nH]c3=O)[C@H](O)[C@@H]2O)[C@H](NCCCC(=O)NCc2ccc(N3CCC(Oc4ccc(C(F)(F)F)cc4)CC3)cc2)C(N)=O)[C@H](O)[C@@H]1O. The lowest BCUT2D eigenvalue weighted by Crippen LogP contribution is -2.59. The number of piperidine rings is 1. The number of primary amides is 1. The Kier molecular flexibility index (Phi) is 14.8. The number of rotatable bonds is 17. The van der Waals surface area contributed by atoms with Crippen molar-refractivity contribution < 1.29 is 62.1 Å². The number of nitrogens with zero attached hydrogens (tertiary/aromatic N) is 2. The van der Waals surface area contributed by atoms with E-state index in [-0.39, 0.29) is 44.5 Å². The van der Waals surface area contributed by atoms with Crippen molar-refractivity contribution in [2.45, 2.75) is 106 Å². The highest BCUT2D eigenvalue weighted by atomic mass is 19.4. The Morgan fingerprint density at radius 3 is 2.23 bits per heavy atom. The Morgan fingerprint density at radius 1 is 0.934 bits per heavy atom. The van der Waals surface area contributed by atoms with Gasteiger partial charge in [0.2, 0.25) is 11.8 Å². The number of alkyl halides is 3. The number of hydrogen-bond acceptors (Lipinski definition) is 15. The van der Waals surface area contributed by atoms with Crippen LogP contribution in [0.4, 0.5) is 18.9 Å². The third-order valence-electron chi connectivity index (χ3n) is 10.9. The zero-order valence-corrected chi connectivity index (χ0v) is 32.7. The molecule has 1 aromatic heterocycles. The molecule has 6 rings (SSSR count). The molecule has 2 unspecified atom stereocenters. The molecule has 0 aliphatic carbocycles. The van der Waals surface area contributed by atoms with E-state index in [9.17, 15) is 52.8 Å². The van der Waals surface area contributed by atoms with Crippen LogP contribution in [0, 0.1) is 0 Å². The highest BCUT2D eigenvalue weighted by Gasteiger charge is 2.53. The Hall–Kier alpha value is -4.91. The number of nitrogens with two attached hydrogens (primary N) is 2. The van der Waals surface area contributed by atoms with Gasteiger partial charge in [0.1, 0.15) is 60.6 Å². The van der Waals surface area contributed by atoms with Crippen molar-refractivity contribution >= 4 is 17.5 Å². The lowest BCUT2D eigenvalue weighted by atomic mass is 9.98. The highest BCUT2D eigenvalue weighted by Crippen LogP contribution is 2.35. The summed E-state index contributed by atoms with van der Waals surface area (Å²) in [5.74, 6) is -0.938. The first-order valence-electron chi connectivity index (χ1n) is 19.7. The minimum Gasteiger partial charge on any atom is -0.490 e. The van der Waals surface area contributed by atoms with Crippen molar-refractivity contribution in [2.75, 3.05) is 31.1 Å². The zero-order valence-electron chi connectivity index (χ0n) is 32.7. The number of nitrogens with one attached hydrogen (secondary N) is 3. The molecule has 334 valence electrons. The zero-order chi connectivity index (χ0) is 44.0. The van der Waals surface area contributed by atoms with Gasteiger partial charge in [-0.05, 0) is 54.9 Å². The van der Waals surface area contributed by atoms with E-state index in [2.05, 4.69) is 15.5 Å². The maximum Gasteiger partial charge on any atom is 0.416 e. The van der Waals surface area contributed by atoms with Crippen molar-refractivity contribution in [3.63, 3.8) is 0 Å². The van der Waals surface area contributed by atoms with Gasteiger partial charge in [-0.25, -0.2) is 4.79 Å². The normalized spacial score (nSPS) is 26.9. The van der Waals surface area contributed by atoms with Crippen molar-refractivity contribution in [2.24, 2.45) is 11.5 Å². The summed E-state index contributed by atoms with van der Waals surface area (Å²) in [5.41, 5.74) is 10.8. The first-order chi connectivity index (χ1) is 29.0. The van der Waals surface area contributed by atoms with E-state index in [1.165, 1.54) is 12.1 Å². The second-order valence-corrected chi connectivity index (χ2v) is 15.1. The molecule has 0 spiro atoms. The summed E-state index contributed by atoms with van der Waals surface area (Å²) in [4.78, 5) is 54.0. The summed E-state index contributed by atoms with van der Waals surface area (Å²) in [6, 6.07) is 11.8. The van der Waals surface area contributed by atoms with Crippen LogP contribution in [-0.4, -0.2) is 129 Å². The number of H-pyrrole nitrogens is 1. The highest BCUT2D eigenvalue weighted by molar-refractivity contribution is 5.80. The minimum absolute atomic E-state index is 0.00203. The molecule has 3 saturated heterocycles. The van der Waals surface area contributed by atoms with Crippen molar-refractivity contribution in [3.8, 4) is 5.75 Å². The third-order valence-corrected chi connectivity index (χ3v) is 10.9. The number of aliphatic hydroxyl groups is 4. The largest absolute Gasteiger partial charge is 0.490 e. The van der Waals surface area contributed by atoms with Crippen molar-refractivity contribution in [3.05, 3.63) is 92.8 Å². The minimum atomic E-state index is -4.41. The molecule has 2 amide bonds. The fraction of sp³-hybridized carbons (Fsp3) is 0.538. The lowest BCUT2D eigenvalue weighted by Gasteiger charge is -2.34. The van der Waals surface area contributed by atoms with E-state index in [1.807, 2.05) is 29.2 Å². The average molecular weight is 866 g/mol. The van der Waals surface area contributed by atoms with Crippen LogP contribution < -0.4 is 43.0 Å².